The molecule has 32 heavy (non-hydrogen) atoms. The summed E-state index contributed by atoms with van der Waals surface area (Å²) in [6.45, 7) is 5.71. The molecule has 164 valence electrons. The summed E-state index contributed by atoms with van der Waals surface area (Å²) in [5, 5.41) is 30.6. The van der Waals surface area contributed by atoms with Crippen LogP contribution in [0, 0.1) is 20.8 Å². The number of hydrogen-bond acceptors (Lipinski definition) is 6. The third-order valence-electron chi connectivity index (χ3n) is 3.86. The second-order valence-electron chi connectivity index (χ2n) is 6.46. The quantitative estimate of drug-likeness (QED) is 0.463. The van der Waals surface area contributed by atoms with Crippen LogP contribution in [0.3, 0.4) is 0 Å². The standard InChI is InChI=1S/3C8H8O2.CH3.Sn/c3*1-6-2-4-7(5-3-6)8(9)10;;/h3*2-5H,1H3,(H,9,10);1H3;/q;;;;+3/p-3. The van der Waals surface area contributed by atoms with E-state index in [0.29, 0.717) is 0 Å². The van der Waals surface area contributed by atoms with Crippen molar-refractivity contribution in [2.75, 3.05) is 0 Å². The van der Waals surface area contributed by atoms with Gasteiger partial charge in [-0.15, -0.1) is 0 Å². The van der Waals surface area contributed by atoms with Crippen LogP contribution in [0.4, 0.5) is 0 Å². The Bertz CT molecular complexity index is 847. The van der Waals surface area contributed by atoms with Crippen LogP contribution in [0.1, 0.15) is 47.8 Å². The van der Waals surface area contributed by atoms with Gasteiger partial charge in [0, 0.05) is 0 Å². The van der Waals surface area contributed by atoms with Crippen LogP contribution in [0.5, 0.6) is 0 Å². The van der Waals surface area contributed by atoms with E-state index in [9.17, 15) is 29.7 Å². The molecule has 0 saturated carbocycles. The van der Waals surface area contributed by atoms with E-state index in [1.807, 2.05) is 20.8 Å². The molecule has 0 radical (unpaired) electrons. The average molecular weight is 539 g/mol. The zero-order valence-corrected chi connectivity index (χ0v) is 21.2. The minimum atomic E-state index is -1.12. The summed E-state index contributed by atoms with van der Waals surface area (Å²) in [4.78, 5) is 32.7. The molecule has 7 heteroatoms. The van der Waals surface area contributed by atoms with Gasteiger partial charge in [0.25, 0.3) is 0 Å². The van der Waals surface area contributed by atoms with Crippen molar-refractivity contribution in [2.24, 2.45) is 0 Å². The summed E-state index contributed by atoms with van der Waals surface area (Å²) in [6.07, 6.45) is 0. The van der Waals surface area contributed by atoms with E-state index < -0.39 is 17.9 Å². The van der Waals surface area contributed by atoms with Crippen LogP contribution in [0.2, 0.25) is 4.94 Å². The van der Waals surface area contributed by atoms with Gasteiger partial charge in [0.05, 0.1) is 17.9 Å². The maximum absolute atomic E-state index is 10.2. The second-order valence-corrected chi connectivity index (χ2v) is 6.46. The van der Waals surface area contributed by atoms with E-state index in [2.05, 4.69) is 4.94 Å². The zero-order chi connectivity index (χ0) is 24.7. The molecule has 0 heterocycles. The van der Waals surface area contributed by atoms with Gasteiger partial charge in [0.1, 0.15) is 0 Å². The van der Waals surface area contributed by atoms with Crippen LogP contribution < -0.4 is 15.3 Å². The van der Waals surface area contributed by atoms with Crippen molar-refractivity contribution >= 4 is 40.4 Å². The Morgan fingerprint density at radius 1 is 0.469 bits per heavy atom. The summed E-state index contributed by atoms with van der Waals surface area (Å²) in [7, 11) is 0. The van der Waals surface area contributed by atoms with Gasteiger partial charge in [-0.3, -0.25) is 0 Å². The number of carbonyl (C=O) groups is 3. The van der Waals surface area contributed by atoms with Gasteiger partial charge in [0.2, 0.25) is 0 Å². The first kappa shape index (κ1) is 28.9. The summed E-state index contributed by atoms with van der Waals surface area (Å²) < 4.78 is 0. The number of hydrogen-bond donors (Lipinski definition) is 0. The molecule has 0 unspecified atom stereocenters. The molecule has 0 N–H and O–H groups in total. The number of aryl methyl sites for hydroxylation is 3. The number of carbonyl (C=O) groups excluding carboxylic acids is 3. The van der Waals surface area contributed by atoms with Crippen molar-refractivity contribution in [3.8, 4) is 0 Å². The molecule has 0 aliphatic carbocycles. The van der Waals surface area contributed by atoms with E-state index in [0.717, 1.165) is 16.7 Å². The van der Waals surface area contributed by atoms with Crippen LogP contribution in [-0.4, -0.2) is 40.4 Å². The summed E-state index contributed by atoms with van der Waals surface area (Å²) in [6, 6.07) is 19.6. The Hall–Kier alpha value is -3.13. The van der Waals surface area contributed by atoms with E-state index in [1.54, 1.807) is 58.9 Å². The Labute approximate surface area is 201 Å². The van der Waals surface area contributed by atoms with Crippen molar-refractivity contribution < 1.29 is 29.7 Å². The molecule has 6 nitrogen and oxygen atoms in total. The van der Waals surface area contributed by atoms with E-state index in [-0.39, 0.29) is 16.7 Å². The number of rotatable bonds is 3. The summed E-state index contributed by atoms with van der Waals surface area (Å²) in [5.74, 6) is -3.37. The molecular formula is C25H24O6Sn. The fourth-order valence-electron chi connectivity index (χ4n) is 2.07. The third kappa shape index (κ3) is 11.9. The maximum atomic E-state index is 10.2. The van der Waals surface area contributed by atoms with Gasteiger partial charge in [-0.2, -0.15) is 0 Å². The molecule has 0 aromatic heterocycles. The average Bonchev–Trinajstić information content (AvgIpc) is 2.77. The van der Waals surface area contributed by atoms with Gasteiger partial charge >= 0.3 is 27.5 Å². The molecular weight excluding hydrogens is 515 g/mol. The molecule has 0 aliphatic rings. The molecule has 0 fully saturated rings. The second kappa shape index (κ2) is 15.6. The van der Waals surface area contributed by atoms with Crippen molar-refractivity contribution in [1.29, 1.82) is 0 Å². The number of carboxylic acids is 3. The van der Waals surface area contributed by atoms with Crippen molar-refractivity contribution in [2.45, 2.75) is 25.7 Å². The topological polar surface area (TPSA) is 120 Å². The molecule has 0 aliphatic heterocycles. The molecule has 3 aromatic carbocycles. The van der Waals surface area contributed by atoms with Gasteiger partial charge in [-0.25, -0.2) is 0 Å². The first-order chi connectivity index (χ1) is 15.1. The van der Waals surface area contributed by atoms with E-state index >= 15 is 0 Å². The Morgan fingerprint density at radius 2 is 0.625 bits per heavy atom. The number of benzene rings is 3. The predicted octanol–water partition coefficient (Wildman–Crippen LogP) is 1.28. The van der Waals surface area contributed by atoms with Crippen molar-refractivity contribution in [3.63, 3.8) is 0 Å². The molecule has 0 atom stereocenters. The Morgan fingerprint density at radius 3 is 0.750 bits per heavy atom. The van der Waals surface area contributed by atoms with Crippen molar-refractivity contribution in [1.82, 2.24) is 0 Å². The number of carboxylic acid groups (broad SMARTS) is 3. The SMILES string of the molecule is Cc1ccc(C(=O)[O-])cc1.Cc1ccc(C(=O)[O-])cc1.Cc1ccc(C(=O)[O-])cc1.[CH3][Sn+3]. The van der Waals surface area contributed by atoms with Crippen LogP contribution in [0.25, 0.3) is 0 Å². The number of aromatic carboxylic acids is 3. The molecule has 0 bridgehead atoms. The third-order valence-corrected chi connectivity index (χ3v) is 3.86. The molecule has 3 rings (SSSR count). The van der Waals surface area contributed by atoms with Crippen LogP contribution in [0.15, 0.2) is 72.8 Å². The predicted molar refractivity (Wildman–Crippen MR) is 118 cm³/mol. The molecule has 0 saturated heterocycles. The molecule has 0 spiro atoms. The monoisotopic (exact) mass is 540 g/mol. The van der Waals surface area contributed by atoms with E-state index in [1.165, 1.54) is 36.4 Å². The summed E-state index contributed by atoms with van der Waals surface area (Å²) >= 11 is 1.55. The summed E-state index contributed by atoms with van der Waals surface area (Å²) in [5.41, 5.74) is 3.82. The zero-order valence-electron chi connectivity index (χ0n) is 18.4. The van der Waals surface area contributed by atoms with Gasteiger partial charge in [-0.1, -0.05) is 89.5 Å². The normalized spacial score (nSPS) is 8.94. The molecule has 3 aromatic rings. The van der Waals surface area contributed by atoms with Crippen molar-refractivity contribution in [3.05, 3.63) is 106 Å². The van der Waals surface area contributed by atoms with E-state index in [4.69, 9.17) is 0 Å². The van der Waals surface area contributed by atoms with Crippen LogP contribution in [-0.2, 0) is 0 Å². The molecule has 0 amide bonds. The van der Waals surface area contributed by atoms with Gasteiger partial charge in [-0.05, 0) is 37.5 Å². The fraction of sp³-hybridized carbons (Fsp3) is 0.160. The van der Waals surface area contributed by atoms with Gasteiger partial charge < -0.3 is 29.7 Å². The van der Waals surface area contributed by atoms with Crippen LogP contribution >= 0.6 is 0 Å². The first-order valence-corrected chi connectivity index (χ1v) is 12.3. The minimum absolute atomic E-state index is 0.227. The fourth-order valence-corrected chi connectivity index (χ4v) is 2.07. The first-order valence-electron chi connectivity index (χ1n) is 9.44. The Kier molecular flexibility index (Phi) is 14.1. The Balaban J connectivity index is 0.000000433. The van der Waals surface area contributed by atoms with Gasteiger partial charge in [0.15, 0.2) is 0 Å².